The van der Waals surface area contributed by atoms with Gasteiger partial charge in [-0.05, 0) is 52.0 Å². The van der Waals surface area contributed by atoms with E-state index in [4.69, 9.17) is 29.9 Å². The van der Waals surface area contributed by atoms with Crippen LogP contribution < -0.4 is 10.6 Å². The number of benzene rings is 2. The number of aromatic carboxylic acids is 4. The van der Waals surface area contributed by atoms with Crippen molar-refractivity contribution in [1.82, 2.24) is 10.6 Å². The minimum atomic E-state index is -1.49. The van der Waals surface area contributed by atoms with Crippen molar-refractivity contribution in [3.63, 3.8) is 0 Å². The SMILES string of the molecule is CCNC(=O)c1cc(C(=O)O)c(C(=O)OCC)cc1C(=O)O.CCNC(=O)c1cc(C(=O)OCC)c(C(=O)O)cc1C(=O)O. The number of hydrogen-bond donors (Lipinski definition) is 6. The van der Waals surface area contributed by atoms with Gasteiger partial charge in [0.15, 0.2) is 0 Å². The number of ether oxygens (including phenoxy) is 2. The lowest BCUT2D eigenvalue weighted by atomic mass is 9.97. The summed E-state index contributed by atoms with van der Waals surface area (Å²) in [5, 5.41) is 41.4. The highest BCUT2D eigenvalue weighted by Gasteiger charge is 2.27. The molecular formula is C28H30N2O14. The third kappa shape index (κ3) is 9.10. The first kappa shape index (κ1) is 36.2. The van der Waals surface area contributed by atoms with Crippen LogP contribution in [0.2, 0.25) is 0 Å². The Balaban J connectivity index is 0.000000440. The molecule has 0 radical (unpaired) electrons. The quantitative estimate of drug-likeness (QED) is 0.186. The zero-order chi connectivity index (χ0) is 33.7. The second-order valence-electron chi connectivity index (χ2n) is 8.27. The Kier molecular flexibility index (Phi) is 13.7. The largest absolute Gasteiger partial charge is 0.478 e. The Morgan fingerprint density at radius 2 is 0.727 bits per heavy atom. The Bertz CT molecular complexity index is 1390. The molecule has 0 aromatic heterocycles. The minimum Gasteiger partial charge on any atom is -0.478 e. The summed E-state index contributed by atoms with van der Waals surface area (Å²) in [5.74, 6) is -9.26. The number of esters is 2. The molecule has 236 valence electrons. The molecule has 0 unspecified atom stereocenters. The van der Waals surface area contributed by atoms with E-state index in [9.17, 15) is 38.4 Å². The minimum absolute atomic E-state index is 0.00162. The first-order valence-corrected chi connectivity index (χ1v) is 12.9. The second kappa shape index (κ2) is 16.6. The van der Waals surface area contributed by atoms with Crippen molar-refractivity contribution < 1.29 is 68.3 Å². The van der Waals surface area contributed by atoms with Crippen molar-refractivity contribution in [1.29, 1.82) is 0 Å². The number of carbonyl (C=O) groups is 8. The lowest BCUT2D eigenvalue weighted by molar-refractivity contribution is 0.0508. The average molecular weight is 619 g/mol. The van der Waals surface area contributed by atoms with Gasteiger partial charge in [0.25, 0.3) is 11.8 Å². The van der Waals surface area contributed by atoms with Gasteiger partial charge in [-0.15, -0.1) is 0 Å². The maximum atomic E-state index is 11.9. The molecule has 44 heavy (non-hydrogen) atoms. The van der Waals surface area contributed by atoms with Crippen LogP contribution in [-0.2, 0) is 9.47 Å². The monoisotopic (exact) mass is 618 g/mol. The van der Waals surface area contributed by atoms with E-state index in [0.29, 0.717) is 0 Å². The van der Waals surface area contributed by atoms with Gasteiger partial charge in [-0.3, -0.25) is 9.59 Å². The van der Waals surface area contributed by atoms with Gasteiger partial charge in [-0.2, -0.15) is 0 Å². The molecule has 0 heterocycles. The molecule has 2 aromatic rings. The zero-order valence-corrected chi connectivity index (χ0v) is 24.0. The number of nitrogens with one attached hydrogen (secondary N) is 2. The highest BCUT2D eigenvalue weighted by atomic mass is 16.5. The van der Waals surface area contributed by atoms with Crippen LogP contribution in [-0.4, -0.2) is 94.4 Å². The van der Waals surface area contributed by atoms with Crippen LogP contribution >= 0.6 is 0 Å². The van der Waals surface area contributed by atoms with Gasteiger partial charge < -0.3 is 40.5 Å². The molecule has 16 heteroatoms. The Morgan fingerprint density at radius 1 is 0.477 bits per heavy atom. The van der Waals surface area contributed by atoms with Crippen LogP contribution in [0, 0.1) is 0 Å². The fourth-order valence-electron chi connectivity index (χ4n) is 3.55. The summed E-state index contributed by atoms with van der Waals surface area (Å²) in [6.07, 6.45) is 0. The molecule has 2 amide bonds. The van der Waals surface area contributed by atoms with Crippen LogP contribution in [0.25, 0.3) is 0 Å². The molecule has 6 N–H and O–H groups in total. The normalized spacial score (nSPS) is 9.91. The number of carboxylic acids is 4. The lowest BCUT2D eigenvalue weighted by Crippen LogP contribution is -2.26. The van der Waals surface area contributed by atoms with E-state index >= 15 is 0 Å². The van der Waals surface area contributed by atoms with Crippen LogP contribution in [0.3, 0.4) is 0 Å². The first-order chi connectivity index (χ1) is 20.7. The average Bonchev–Trinajstić information content (AvgIpc) is 2.96. The summed E-state index contributed by atoms with van der Waals surface area (Å²) < 4.78 is 9.44. The van der Waals surface area contributed by atoms with Crippen molar-refractivity contribution in [2.24, 2.45) is 0 Å². The maximum Gasteiger partial charge on any atom is 0.339 e. The molecule has 0 aliphatic carbocycles. The van der Waals surface area contributed by atoms with Crippen LogP contribution in [0.4, 0.5) is 0 Å². The molecule has 16 nitrogen and oxygen atoms in total. The summed E-state index contributed by atoms with van der Waals surface area (Å²) in [5.41, 5.74) is -3.44. The zero-order valence-electron chi connectivity index (χ0n) is 24.0. The Morgan fingerprint density at radius 3 is 1.00 bits per heavy atom. The third-order valence-corrected chi connectivity index (χ3v) is 5.39. The molecule has 0 atom stereocenters. The molecule has 0 spiro atoms. The first-order valence-electron chi connectivity index (χ1n) is 12.9. The van der Waals surface area contributed by atoms with Crippen molar-refractivity contribution in [2.75, 3.05) is 26.3 Å². The number of amides is 2. The molecule has 0 fully saturated rings. The van der Waals surface area contributed by atoms with Crippen molar-refractivity contribution >= 4 is 47.6 Å². The number of carboxylic acid groups (broad SMARTS) is 4. The Labute approximate surface area is 249 Å². The van der Waals surface area contributed by atoms with Gasteiger partial charge in [0.2, 0.25) is 0 Å². The molecule has 0 aliphatic heterocycles. The van der Waals surface area contributed by atoms with E-state index in [2.05, 4.69) is 10.6 Å². The second-order valence-corrected chi connectivity index (χ2v) is 8.27. The lowest BCUT2D eigenvalue weighted by Gasteiger charge is -2.11. The molecular weight excluding hydrogens is 588 g/mol. The third-order valence-electron chi connectivity index (χ3n) is 5.39. The van der Waals surface area contributed by atoms with Crippen LogP contribution in [0.5, 0.6) is 0 Å². The van der Waals surface area contributed by atoms with Crippen molar-refractivity contribution in [3.8, 4) is 0 Å². The number of rotatable bonds is 12. The standard InChI is InChI=1S/2C14H15NO7/c1-3-15-11(16)7-5-10(14(21)22-4-2)9(13(19)20)6-8(7)12(17)18;1-3-15-11(16)7-5-9(13(19)20)10(14(21)22-4-2)6-8(7)12(17)18/h2*5-6H,3-4H2,1-2H3,(H,15,16)(H,17,18)(H,19,20). The summed E-state index contributed by atoms with van der Waals surface area (Å²) in [6, 6.07) is 3.41. The van der Waals surface area contributed by atoms with Gasteiger partial charge in [-0.1, -0.05) is 0 Å². The van der Waals surface area contributed by atoms with Gasteiger partial charge in [-0.25, -0.2) is 28.8 Å². The van der Waals surface area contributed by atoms with Crippen LogP contribution in [0.15, 0.2) is 24.3 Å². The molecule has 0 aliphatic rings. The topological polar surface area (TPSA) is 260 Å². The predicted molar refractivity (Wildman–Crippen MR) is 149 cm³/mol. The van der Waals surface area contributed by atoms with E-state index in [-0.39, 0.29) is 43.0 Å². The smallest absolute Gasteiger partial charge is 0.339 e. The van der Waals surface area contributed by atoms with Gasteiger partial charge in [0.1, 0.15) is 0 Å². The molecule has 0 bridgehead atoms. The molecule has 0 saturated carbocycles. The number of hydrogen-bond acceptors (Lipinski definition) is 10. The van der Waals surface area contributed by atoms with Gasteiger partial charge in [0, 0.05) is 13.1 Å². The van der Waals surface area contributed by atoms with E-state index in [1.165, 1.54) is 13.8 Å². The summed E-state index contributed by atoms with van der Waals surface area (Å²) >= 11 is 0. The molecule has 2 rings (SSSR count). The predicted octanol–water partition coefficient (Wildman–Crippen LogP) is 2.02. The molecule has 2 aromatic carbocycles. The van der Waals surface area contributed by atoms with Crippen LogP contribution in [0.1, 0.15) is 111 Å². The van der Waals surface area contributed by atoms with E-state index < -0.39 is 75.4 Å². The summed E-state index contributed by atoms with van der Waals surface area (Å²) in [7, 11) is 0. The fourth-order valence-corrected chi connectivity index (χ4v) is 3.55. The summed E-state index contributed by atoms with van der Waals surface area (Å²) in [6.45, 7) is 6.81. The highest BCUT2D eigenvalue weighted by molar-refractivity contribution is 6.12. The van der Waals surface area contributed by atoms with Crippen molar-refractivity contribution in [3.05, 3.63) is 68.8 Å². The van der Waals surface area contributed by atoms with E-state index in [0.717, 1.165) is 24.3 Å². The Hall–Kier alpha value is -5.80. The summed E-state index contributed by atoms with van der Waals surface area (Å²) in [4.78, 5) is 92.3. The van der Waals surface area contributed by atoms with Crippen molar-refractivity contribution in [2.45, 2.75) is 27.7 Å². The maximum absolute atomic E-state index is 11.9. The van der Waals surface area contributed by atoms with Gasteiger partial charge in [0.05, 0.1) is 57.7 Å². The fraction of sp³-hybridized carbons (Fsp3) is 0.286. The van der Waals surface area contributed by atoms with E-state index in [1.807, 2.05) is 0 Å². The van der Waals surface area contributed by atoms with Gasteiger partial charge >= 0.3 is 35.8 Å². The molecule has 0 saturated heterocycles. The number of carbonyl (C=O) groups excluding carboxylic acids is 4. The van der Waals surface area contributed by atoms with E-state index in [1.54, 1.807) is 13.8 Å². The highest BCUT2D eigenvalue weighted by Crippen LogP contribution is 2.21.